The van der Waals surface area contributed by atoms with Gasteiger partial charge in [0.05, 0.1) is 11.6 Å². The number of nitrogens with one attached hydrogen (secondary N) is 3. The van der Waals surface area contributed by atoms with E-state index >= 15 is 0 Å². The minimum absolute atomic E-state index is 0.367. The first-order chi connectivity index (χ1) is 8.74. The standard InChI is InChI=1S/C10H17N7S/c1-6(5-18-2)3-12-8-7-4-13-17-9(7)15-10(14-8)16-11/h4,6H,3,5,11H2,1-2H3,(H3,12,13,14,15,16,17). The Labute approximate surface area is 109 Å². The summed E-state index contributed by atoms with van der Waals surface area (Å²) in [5.41, 5.74) is 3.11. The number of hydrogen-bond acceptors (Lipinski definition) is 7. The Hall–Kier alpha value is -1.54. The lowest BCUT2D eigenvalue weighted by molar-refractivity contribution is 0.700. The van der Waals surface area contributed by atoms with E-state index < -0.39 is 0 Å². The van der Waals surface area contributed by atoms with Crippen LogP contribution in [0.2, 0.25) is 0 Å². The molecule has 0 aliphatic heterocycles. The fraction of sp³-hybridized carbons (Fsp3) is 0.500. The molecule has 1 atom stereocenters. The van der Waals surface area contributed by atoms with Crippen LogP contribution in [-0.4, -0.2) is 38.7 Å². The van der Waals surface area contributed by atoms with E-state index in [1.54, 1.807) is 6.20 Å². The number of aromatic nitrogens is 4. The van der Waals surface area contributed by atoms with Gasteiger partial charge in [-0.05, 0) is 17.9 Å². The summed E-state index contributed by atoms with van der Waals surface area (Å²) in [4.78, 5) is 8.47. The minimum Gasteiger partial charge on any atom is -0.369 e. The maximum atomic E-state index is 5.34. The summed E-state index contributed by atoms with van der Waals surface area (Å²) in [6.45, 7) is 3.04. The number of hydrogen-bond donors (Lipinski definition) is 4. The summed E-state index contributed by atoms with van der Waals surface area (Å²) in [5, 5.41) is 10.9. The van der Waals surface area contributed by atoms with Crippen molar-refractivity contribution in [2.45, 2.75) is 6.92 Å². The van der Waals surface area contributed by atoms with Crippen molar-refractivity contribution in [1.82, 2.24) is 20.2 Å². The molecular formula is C10H17N7S. The summed E-state index contributed by atoms with van der Waals surface area (Å²) in [6, 6.07) is 0. The molecule has 0 saturated carbocycles. The number of nitrogens with zero attached hydrogens (tertiary/aromatic N) is 3. The maximum Gasteiger partial charge on any atom is 0.241 e. The molecule has 0 saturated heterocycles. The van der Waals surface area contributed by atoms with Crippen LogP contribution in [-0.2, 0) is 0 Å². The van der Waals surface area contributed by atoms with Gasteiger partial charge in [0, 0.05) is 6.54 Å². The Morgan fingerprint density at radius 1 is 1.50 bits per heavy atom. The number of nitrogens with two attached hydrogens (primary N) is 1. The van der Waals surface area contributed by atoms with E-state index in [-0.39, 0.29) is 0 Å². The molecule has 1 unspecified atom stereocenters. The number of anilines is 2. The van der Waals surface area contributed by atoms with Gasteiger partial charge in [0.15, 0.2) is 5.65 Å². The van der Waals surface area contributed by atoms with Gasteiger partial charge >= 0.3 is 0 Å². The molecule has 5 N–H and O–H groups in total. The van der Waals surface area contributed by atoms with Crippen molar-refractivity contribution in [3.8, 4) is 0 Å². The van der Waals surface area contributed by atoms with Gasteiger partial charge in [0.1, 0.15) is 5.82 Å². The third kappa shape index (κ3) is 2.82. The van der Waals surface area contributed by atoms with Crippen LogP contribution in [0, 0.1) is 5.92 Å². The van der Waals surface area contributed by atoms with Gasteiger partial charge in [-0.25, -0.2) is 5.84 Å². The molecule has 0 spiro atoms. The van der Waals surface area contributed by atoms with Crippen molar-refractivity contribution < 1.29 is 0 Å². The second-order valence-electron chi connectivity index (χ2n) is 4.11. The molecule has 2 heterocycles. The first-order valence-electron chi connectivity index (χ1n) is 5.65. The predicted octanol–water partition coefficient (Wildman–Crippen LogP) is 1.05. The summed E-state index contributed by atoms with van der Waals surface area (Å²) < 4.78 is 0. The zero-order valence-corrected chi connectivity index (χ0v) is 11.2. The van der Waals surface area contributed by atoms with Crippen LogP contribution in [0.5, 0.6) is 0 Å². The Morgan fingerprint density at radius 2 is 2.33 bits per heavy atom. The number of fused-ring (bicyclic) bond motifs is 1. The van der Waals surface area contributed by atoms with E-state index in [1.165, 1.54) is 0 Å². The van der Waals surface area contributed by atoms with Gasteiger partial charge in [0.25, 0.3) is 0 Å². The van der Waals surface area contributed by atoms with Gasteiger partial charge in [-0.3, -0.25) is 10.5 Å². The van der Waals surface area contributed by atoms with Gasteiger partial charge in [-0.2, -0.15) is 26.8 Å². The Morgan fingerprint density at radius 3 is 3.06 bits per heavy atom. The highest BCUT2D eigenvalue weighted by Gasteiger charge is 2.09. The van der Waals surface area contributed by atoms with Crippen molar-refractivity contribution >= 4 is 34.6 Å². The maximum absolute atomic E-state index is 5.34. The SMILES string of the molecule is CSCC(C)CNc1nc(NN)nc2[nH]ncc12. The first-order valence-corrected chi connectivity index (χ1v) is 7.04. The molecule has 98 valence electrons. The van der Waals surface area contributed by atoms with Gasteiger partial charge in [-0.15, -0.1) is 0 Å². The molecule has 18 heavy (non-hydrogen) atoms. The van der Waals surface area contributed by atoms with E-state index in [2.05, 4.69) is 44.1 Å². The van der Waals surface area contributed by atoms with Crippen LogP contribution < -0.4 is 16.6 Å². The molecule has 0 radical (unpaired) electrons. The Balaban J connectivity index is 2.18. The highest BCUT2D eigenvalue weighted by Crippen LogP contribution is 2.20. The van der Waals surface area contributed by atoms with E-state index in [0.29, 0.717) is 17.5 Å². The summed E-state index contributed by atoms with van der Waals surface area (Å²) >= 11 is 1.83. The lowest BCUT2D eigenvalue weighted by Crippen LogP contribution is -2.16. The molecule has 8 heteroatoms. The van der Waals surface area contributed by atoms with Gasteiger partial charge < -0.3 is 5.32 Å². The van der Waals surface area contributed by atoms with Crippen LogP contribution in [0.3, 0.4) is 0 Å². The third-order valence-electron chi connectivity index (χ3n) is 2.51. The lowest BCUT2D eigenvalue weighted by atomic mass is 10.2. The van der Waals surface area contributed by atoms with Crippen molar-refractivity contribution in [3.63, 3.8) is 0 Å². The average Bonchev–Trinajstić information content (AvgIpc) is 2.84. The molecule has 0 bridgehead atoms. The summed E-state index contributed by atoms with van der Waals surface area (Å²) in [6.07, 6.45) is 3.81. The topological polar surface area (TPSA) is 105 Å². The zero-order chi connectivity index (χ0) is 13.0. The molecule has 0 aromatic carbocycles. The van der Waals surface area contributed by atoms with E-state index in [0.717, 1.165) is 23.5 Å². The first kappa shape index (κ1) is 12.9. The molecule has 0 aliphatic carbocycles. The summed E-state index contributed by atoms with van der Waals surface area (Å²) in [7, 11) is 0. The number of rotatable bonds is 6. The molecule has 7 nitrogen and oxygen atoms in total. The number of H-pyrrole nitrogens is 1. The zero-order valence-electron chi connectivity index (χ0n) is 10.4. The molecule has 2 aromatic rings. The third-order valence-corrected chi connectivity index (χ3v) is 3.41. The second kappa shape index (κ2) is 5.87. The number of nitrogen functional groups attached to an aromatic ring is 1. The normalized spacial score (nSPS) is 12.6. The lowest BCUT2D eigenvalue weighted by Gasteiger charge is -2.12. The molecule has 0 aliphatic rings. The quantitative estimate of drug-likeness (QED) is 0.458. The van der Waals surface area contributed by atoms with E-state index in [9.17, 15) is 0 Å². The monoisotopic (exact) mass is 267 g/mol. The van der Waals surface area contributed by atoms with Gasteiger partial charge in [0.2, 0.25) is 5.95 Å². The van der Waals surface area contributed by atoms with Crippen molar-refractivity contribution in [2.24, 2.45) is 11.8 Å². The van der Waals surface area contributed by atoms with Gasteiger partial charge in [-0.1, -0.05) is 6.92 Å². The van der Waals surface area contributed by atoms with Crippen LogP contribution >= 0.6 is 11.8 Å². The van der Waals surface area contributed by atoms with Crippen molar-refractivity contribution in [3.05, 3.63) is 6.20 Å². The van der Waals surface area contributed by atoms with Crippen molar-refractivity contribution in [2.75, 3.05) is 29.3 Å². The fourth-order valence-electron chi connectivity index (χ4n) is 1.65. The number of aromatic amines is 1. The van der Waals surface area contributed by atoms with Crippen LogP contribution in [0.4, 0.5) is 11.8 Å². The second-order valence-corrected chi connectivity index (χ2v) is 5.02. The fourth-order valence-corrected chi connectivity index (χ4v) is 2.34. The molecule has 2 aromatic heterocycles. The molecular weight excluding hydrogens is 250 g/mol. The largest absolute Gasteiger partial charge is 0.369 e. The highest BCUT2D eigenvalue weighted by molar-refractivity contribution is 7.98. The van der Waals surface area contributed by atoms with Crippen molar-refractivity contribution in [1.29, 1.82) is 0 Å². The number of hydrazine groups is 1. The van der Waals surface area contributed by atoms with E-state index in [1.807, 2.05) is 11.8 Å². The Kier molecular flexibility index (Phi) is 4.21. The molecule has 2 rings (SSSR count). The average molecular weight is 267 g/mol. The van der Waals surface area contributed by atoms with Crippen LogP contribution in [0.25, 0.3) is 11.0 Å². The molecule has 0 amide bonds. The van der Waals surface area contributed by atoms with E-state index in [4.69, 9.17) is 5.84 Å². The number of thioether (sulfide) groups is 1. The minimum atomic E-state index is 0.367. The predicted molar refractivity (Wildman–Crippen MR) is 75.5 cm³/mol. The van der Waals surface area contributed by atoms with Crippen LogP contribution in [0.1, 0.15) is 6.92 Å². The highest BCUT2D eigenvalue weighted by atomic mass is 32.2. The Bertz CT molecular complexity index is 512. The summed E-state index contributed by atoms with van der Waals surface area (Å²) in [5.74, 6) is 8.12. The van der Waals surface area contributed by atoms with Crippen LogP contribution in [0.15, 0.2) is 6.20 Å². The molecule has 0 fully saturated rings. The smallest absolute Gasteiger partial charge is 0.241 e.